The van der Waals surface area contributed by atoms with Gasteiger partial charge in [-0.15, -0.1) is 0 Å². The molecule has 5 heteroatoms. The molecule has 100 valence electrons. The molecule has 0 radical (unpaired) electrons. The molecule has 0 aliphatic heterocycles. The molecule has 19 heavy (non-hydrogen) atoms. The third-order valence-corrected chi connectivity index (χ3v) is 2.82. The lowest BCUT2D eigenvalue weighted by atomic mass is 10.1. The molecule has 0 aliphatic carbocycles. The van der Waals surface area contributed by atoms with Crippen molar-refractivity contribution in [3.8, 4) is 11.3 Å². The first kappa shape index (κ1) is 13.3. The summed E-state index contributed by atoms with van der Waals surface area (Å²) >= 11 is 0. The number of benzene rings is 1. The Balaban J connectivity index is 2.37. The first-order valence-electron chi connectivity index (χ1n) is 6.31. The van der Waals surface area contributed by atoms with Crippen LogP contribution in [0.15, 0.2) is 35.3 Å². The predicted molar refractivity (Wildman–Crippen MR) is 77.2 cm³/mol. The number of anilines is 1. The van der Waals surface area contributed by atoms with Crippen LogP contribution in [0.2, 0.25) is 0 Å². The van der Waals surface area contributed by atoms with Crippen molar-refractivity contribution in [1.29, 1.82) is 0 Å². The number of nitrogens with two attached hydrogens (primary N) is 1. The average Bonchev–Trinajstić information content (AvgIpc) is 2.40. The smallest absolute Gasteiger partial charge is 0.345 e. The van der Waals surface area contributed by atoms with E-state index in [-0.39, 0.29) is 5.69 Å². The molecule has 0 atom stereocenters. The fourth-order valence-electron chi connectivity index (χ4n) is 1.88. The van der Waals surface area contributed by atoms with E-state index in [0.717, 1.165) is 35.5 Å². The number of H-pyrrole nitrogens is 1. The zero-order chi connectivity index (χ0) is 13.7. The molecule has 0 saturated carbocycles. The van der Waals surface area contributed by atoms with Crippen molar-refractivity contribution < 1.29 is 0 Å². The number of aryl methyl sites for hydroxylation is 1. The minimum Gasteiger partial charge on any atom is -0.382 e. The summed E-state index contributed by atoms with van der Waals surface area (Å²) in [6.07, 6.45) is 2.43. The molecule has 5 nitrogen and oxygen atoms in total. The van der Waals surface area contributed by atoms with Crippen LogP contribution in [0.3, 0.4) is 0 Å². The maximum absolute atomic E-state index is 11.4. The lowest BCUT2D eigenvalue weighted by molar-refractivity contribution is 0.872. The van der Waals surface area contributed by atoms with Crippen molar-refractivity contribution in [1.82, 2.24) is 9.97 Å². The van der Waals surface area contributed by atoms with Crippen LogP contribution < -0.4 is 16.7 Å². The molecule has 1 aromatic heterocycles. The molecule has 0 bridgehead atoms. The van der Waals surface area contributed by atoms with E-state index in [9.17, 15) is 4.79 Å². The van der Waals surface area contributed by atoms with Gasteiger partial charge in [0.15, 0.2) is 0 Å². The highest BCUT2D eigenvalue weighted by atomic mass is 16.1. The molecule has 0 spiro atoms. The molecule has 1 aromatic carbocycles. The Morgan fingerprint density at radius 2 is 2.26 bits per heavy atom. The Labute approximate surface area is 111 Å². The van der Waals surface area contributed by atoms with Crippen molar-refractivity contribution in [2.24, 2.45) is 5.73 Å². The number of aromatic amines is 1. The number of nitrogens with one attached hydrogen (secondary N) is 2. The van der Waals surface area contributed by atoms with E-state index in [1.807, 2.05) is 31.2 Å². The monoisotopic (exact) mass is 258 g/mol. The lowest BCUT2D eigenvalue weighted by Crippen LogP contribution is -2.15. The van der Waals surface area contributed by atoms with Crippen LogP contribution in [0.4, 0.5) is 5.69 Å². The van der Waals surface area contributed by atoms with E-state index in [0.29, 0.717) is 6.54 Å². The number of nitrogens with zero attached hydrogens (tertiary/aromatic N) is 1. The summed E-state index contributed by atoms with van der Waals surface area (Å²) in [6.45, 7) is 3.40. The number of aromatic nitrogens is 2. The fourth-order valence-corrected chi connectivity index (χ4v) is 1.88. The van der Waals surface area contributed by atoms with Gasteiger partial charge >= 0.3 is 5.69 Å². The molecule has 2 aromatic rings. The van der Waals surface area contributed by atoms with Crippen LogP contribution in [0.25, 0.3) is 11.3 Å². The second-order valence-corrected chi connectivity index (χ2v) is 4.42. The summed E-state index contributed by atoms with van der Waals surface area (Å²) < 4.78 is 0. The van der Waals surface area contributed by atoms with Crippen molar-refractivity contribution in [2.45, 2.75) is 13.3 Å². The number of rotatable bonds is 5. The van der Waals surface area contributed by atoms with Gasteiger partial charge in [0.1, 0.15) is 0 Å². The molecule has 0 saturated heterocycles. The summed E-state index contributed by atoms with van der Waals surface area (Å²) in [4.78, 5) is 18.0. The second kappa shape index (κ2) is 6.15. The van der Waals surface area contributed by atoms with E-state index in [2.05, 4.69) is 15.3 Å². The number of hydrogen-bond acceptors (Lipinski definition) is 4. The molecule has 4 N–H and O–H groups in total. The maximum Gasteiger partial charge on any atom is 0.345 e. The molecule has 2 rings (SSSR count). The summed E-state index contributed by atoms with van der Waals surface area (Å²) in [7, 11) is 0. The van der Waals surface area contributed by atoms with Gasteiger partial charge in [0.2, 0.25) is 0 Å². The summed E-state index contributed by atoms with van der Waals surface area (Å²) in [6, 6.07) is 7.98. The highest BCUT2D eigenvalue weighted by molar-refractivity contribution is 5.73. The highest BCUT2D eigenvalue weighted by Gasteiger charge is 2.06. The SMILES string of the molecule is Cc1cccc(-c2[nH]c(=O)ncc2NCCCN)c1. The zero-order valence-corrected chi connectivity index (χ0v) is 10.9. The van der Waals surface area contributed by atoms with Gasteiger partial charge in [-0.25, -0.2) is 4.79 Å². The summed E-state index contributed by atoms with van der Waals surface area (Å²) in [5.41, 5.74) is 8.82. The number of hydrogen-bond donors (Lipinski definition) is 3. The Hall–Kier alpha value is -2.14. The molecule has 0 unspecified atom stereocenters. The largest absolute Gasteiger partial charge is 0.382 e. The van der Waals surface area contributed by atoms with Crippen LogP contribution in [0.1, 0.15) is 12.0 Å². The molecule has 0 amide bonds. The Bertz CT molecular complexity index is 606. The van der Waals surface area contributed by atoms with Gasteiger partial charge in [0.25, 0.3) is 0 Å². The van der Waals surface area contributed by atoms with Crippen LogP contribution in [-0.4, -0.2) is 23.1 Å². The fraction of sp³-hybridized carbons (Fsp3) is 0.286. The first-order valence-corrected chi connectivity index (χ1v) is 6.31. The second-order valence-electron chi connectivity index (χ2n) is 4.42. The Morgan fingerprint density at radius 3 is 3.00 bits per heavy atom. The van der Waals surface area contributed by atoms with Crippen molar-refractivity contribution in [2.75, 3.05) is 18.4 Å². The molecular formula is C14H18N4O. The van der Waals surface area contributed by atoms with E-state index in [1.54, 1.807) is 6.20 Å². The van der Waals surface area contributed by atoms with Crippen LogP contribution in [0.5, 0.6) is 0 Å². The first-order chi connectivity index (χ1) is 9.20. The van der Waals surface area contributed by atoms with Crippen LogP contribution in [-0.2, 0) is 0 Å². The molecular weight excluding hydrogens is 240 g/mol. The third-order valence-electron chi connectivity index (χ3n) is 2.82. The lowest BCUT2D eigenvalue weighted by Gasteiger charge is -2.11. The van der Waals surface area contributed by atoms with Crippen LogP contribution >= 0.6 is 0 Å². The van der Waals surface area contributed by atoms with E-state index in [1.165, 1.54) is 0 Å². The van der Waals surface area contributed by atoms with Crippen molar-refractivity contribution >= 4 is 5.69 Å². The summed E-state index contributed by atoms with van der Waals surface area (Å²) in [5, 5.41) is 3.25. The van der Waals surface area contributed by atoms with Gasteiger partial charge in [0, 0.05) is 12.1 Å². The van der Waals surface area contributed by atoms with Crippen molar-refractivity contribution in [3.63, 3.8) is 0 Å². The minimum absolute atomic E-state index is 0.346. The minimum atomic E-state index is -0.346. The molecule has 0 fully saturated rings. The molecule has 0 aliphatic rings. The molecule has 1 heterocycles. The van der Waals surface area contributed by atoms with E-state index >= 15 is 0 Å². The topological polar surface area (TPSA) is 83.8 Å². The van der Waals surface area contributed by atoms with Gasteiger partial charge in [0.05, 0.1) is 17.6 Å². The highest BCUT2D eigenvalue weighted by Crippen LogP contribution is 2.24. The van der Waals surface area contributed by atoms with Crippen molar-refractivity contribution in [3.05, 3.63) is 46.5 Å². The normalized spacial score (nSPS) is 10.4. The Morgan fingerprint density at radius 1 is 1.42 bits per heavy atom. The third kappa shape index (κ3) is 3.42. The van der Waals surface area contributed by atoms with Gasteiger partial charge < -0.3 is 16.0 Å². The summed E-state index contributed by atoms with van der Waals surface area (Å²) in [5.74, 6) is 0. The quantitative estimate of drug-likeness (QED) is 0.710. The van der Waals surface area contributed by atoms with Gasteiger partial charge in [-0.1, -0.05) is 23.8 Å². The zero-order valence-electron chi connectivity index (χ0n) is 10.9. The standard InChI is InChI=1S/C14H18N4O/c1-10-4-2-5-11(8-10)13-12(16-7-3-6-15)9-17-14(19)18-13/h2,4-5,8-9,16H,3,6-7,15H2,1H3,(H,17,18,19). The van der Waals surface area contributed by atoms with Crippen LogP contribution in [0, 0.1) is 6.92 Å². The predicted octanol–water partition coefficient (Wildman–Crippen LogP) is 1.51. The van der Waals surface area contributed by atoms with E-state index < -0.39 is 0 Å². The van der Waals surface area contributed by atoms with Gasteiger partial charge in [-0.3, -0.25) is 0 Å². The van der Waals surface area contributed by atoms with Gasteiger partial charge in [-0.2, -0.15) is 4.98 Å². The van der Waals surface area contributed by atoms with E-state index in [4.69, 9.17) is 5.73 Å². The Kier molecular flexibility index (Phi) is 4.30. The van der Waals surface area contributed by atoms with Gasteiger partial charge in [-0.05, 0) is 26.0 Å². The maximum atomic E-state index is 11.4. The average molecular weight is 258 g/mol.